The summed E-state index contributed by atoms with van der Waals surface area (Å²) in [6.45, 7) is 1.45. The number of aromatic amines is 1. The Morgan fingerprint density at radius 1 is 1.33 bits per heavy atom. The highest BCUT2D eigenvalue weighted by atomic mass is 16.4. The summed E-state index contributed by atoms with van der Waals surface area (Å²) in [4.78, 5) is 20.9. The van der Waals surface area contributed by atoms with Gasteiger partial charge in [-0.25, -0.2) is 9.59 Å². The van der Waals surface area contributed by atoms with Crippen molar-refractivity contribution >= 4 is 11.9 Å². The lowest BCUT2D eigenvalue weighted by molar-refractivity contribution is 0.0648. The smallest absolute Gasteiger partial charge is 0.357 e. The Kier molecular flexibility index (Phi) is 1.82. The minimum absolute atomic E-state index is 0.236. The number of carbonyl (C=O) groups is 2. The van der Waals surface area contributed by atoms with Crippen LogP contribution in [0.4, 0.5) is 0 Å². The molecule has 1 rings (SSSR count). The van der Waals surface area contributed by atoms with Crippen LogP contribution in [0.3, 0.4) is 0 Å². The van der Waals surface area contributed by atoms with E-state index in [1.54, 1.807) is 0 Å². The Morgan fingerprint density at radius 3 is 2.25 bits per heavy atom. The van der Waals surface area contributed by atoms with Gasteiger partial charge in [0.1, 0.15) is 5.56 Å². The van der Waals surface area contributed by atoms with Crippen LogP contribution in [0.15, 0.2) is 0 Å². The van der Waals surface area contributed by atoms with Crippen molar-refractivity contribution in [2.75, 3.05) is 0 Å². The first-order valence-corrected chi connectivity index (χ1v) is 3.05. The Labute approximate surface area is 66.8 Å². The summed E-state index contributed by atoms with van der Waals surface area (Å²) < 4.78 is 0. The largest absolute Gasteiger partial charge is 0.478 e. The summed E-state index contributed by atoms with van der Waals surface area (Å²) in [5.74, 6) is -2.64. The monoisotopic (exact) mass is 170 g/mol. The van der Waals surface area contributed by atoms with Crippen LogP contribution in [0.5, 0.6) is 0 Å². The fraction of sp³-hybridized carbons (Fsp3) is 0.167. The molecule has 1 heterocycles. The summed E-state index contributed by atoms with van der Waals surface area (Å²) in [6.07, 6.45) is 0. The molecule has 0 spiro atoms. The first-order chi connectivity index (χ1) is 5.54. The molecule has 1 aromatic heterocycles. The van der Waals surface area contributed by atoms with Crippen molar-refractivity contribution in [1.29, 1.82) is 0 Å². The molecule has 6 heteroatoms. The van der Waals surface area contributed by atoms with Gasteiger partial charge in [0, 0.05) is 5.69 Å². The first kappa shape index (κ1) is 8.25. The molecule has 3 N–H and O–H groups in total. The van der Waals surface area contributed by atoms with Gasteiger partial charge < -0.3 is 10.2 Å². The average molecular weight is 170 g/mol. The number of nitrogens with zero attached hydrogens (tertiary/aromatic N) is 1. The summed E-state index contributed by atoms with van der Waals surface area (Å²) in [5, 5.41) is 22.7. The molecule has 6 nitrogen and oxygen atoms in total. The van der Waals surface area contributed by atoms with Crippen LogP contribution in [0.2, 0.25) is 0 Å². The van der Waals surface area contributed by atoms with E-state index in [2.05, 4.69) is 10.2 Å². The minimum Gasteiger partial charge on any atom is -0.478 e. The molecular weight excluding hydrogens is 164 g/mol. The van der Waals surface area contributed by atoms with Crippen LogP contribution >= 0.6 is 0 Å². The number of carboxylic acid groups (broad SMARTS) is 2. The van der Waals surface area contributed by atoms with Crippen LogP contribution in [0.25, 0.3) is 0 Å². The molecule has 0 aliphatic carbocycles. The zero-order valence-electron chi connectivity index (χ0n) is 6.16. The second-order valence-corrected chi connectivity index (χ2v) is 2.18. The quantitative estimate of drug-likeness (QED) is 0.584. The van der Waals surface area contributed by atoms with E-state index in [0.717, 1.165) is 0 Å². The summed E-state index contributed by atoms with van der Waals surface area (Å²) in [5.41, 5.74) is -0.512. The minimum atomic E-state index is -1.35. The lowest BCUT2D eigenvalue weighted by Crippen LogP contribution is -2.07. The molecule has 0 atom stereocenters. The molecule has 0 aliphatic heterocycles. The highest BCUT2D eigenvalue weighted by Gasteiger charge is 2.21. The third kappa shape index (κ3) is 1.14. The van der Waals surface area contributed by atoms with E-state index in [4.69, 9.17) is 10.2 Å². The van der Waals surface area contributed by atoms with Crippen LogP contribution in [0.1, 0.15) is 26.5 Å². The van der Waals surface area contributed by atoms with E-state index < -0.39 is 17.6 Å². The highest BCUT2D eigenvalue weighted by molar-refractivity contribution is 6.01. The lowest BCUT2D eigenvalue weighted by Gasteiger charge is -1.91. The van der Waals surface area contributed by atoms with Crippen LogP contribution in [0, 0.1) is 6.92 Å². The van der Waals surface area contributed by atoms with Gasteiger partial charge in [-0.05, 0) is 6.92 Å². The second kappa shape index (κ2) is 2.65. The zero-order valence-corrected chi connectivity index (χ0v) is 6.16. The lowest BCUT2D eigenvalue weighted by atomic mass is 10.2. The molecule has 0 aliphatic rings. The first-order valence-electron chi connectivity index (χ1n) is 3.05. The molecule has 0 fully saturated rings. The molecule has 0 aromatic carbocycles. The van der Waals surface area contributed by atoms with Gasteiger partial charge in [0.05, 0.1) is 0 Å². The van der Waals surface area contributed by atoms with Gasteiger partial charge >= 0.3 is 11.9 Å². The SMILES string of the molecule is Cc1[nH]nc(C(=O)O)c1C(=O)O. The fourth-order valence-electron chi connectivity index (χ4n) is 0.846. The maximum absolute atomic E-state index is 10.5. The van der Waals surface area contributed by atoms with Crippen molar-refractivity contribution in [2.45, 2.75) is 6.92 Å². The number of H-pyrrole nitrogens is 1. The number of hydrogen-bond acceptors (Lipinski definition) is 3. The van der Waals surface area contributed by atoms with Gasteiger partial charge in [-0.1, -0.05) is 0 Å². The molecule has 0 saturated heterocycles. The fourth-order valence-corrected chi connectivity index (χ4v) is 0.846. The van der Waals surface area contributed by atoms with Gasteiger partial charge in [-0.15, -0.1) is 0 Å². The molecule has 0 radical (unpaired) electrons. The molecule has 64 valence electrons. The van der Waals surface area contributed by atoms with E-state index in [9.17, 15) is 9.59 Å². The van der Waals surface area contributed by atoms with Crippen molar-refractivity contribution in [1.82, 2.24) is 10.2 Å². The van der Waals surface area contributed by atoms with Crippen molar-refractivity contribution in [3.63, 3.8) is 0 Å². The van der Waals surface area contributed by atoms with Gasteiger partial charge in [0.15, 0.2) is 5.69 Å². The molecule has 12 heavy (non-hydrogen) atoms. The van der Waals surface area contributed by atoms with Crippen molar-refractivity contribution in [3.8, 4) is 0 Å². The Hall–Kier alpha value is -1.85. The Bertz CT molecular complexity index is 341. The zero-order chi connectivity index (χ0) is 9.30. The van der Waals surface area contributed by atoms with E-state index >= 15 is 0 Å². The van der Waals surface area contributed by atoms with Gasteiger partial charge in [0.25, 0.3) is 0 Å². The predicted octanol–water partition coefficient (Wildman–Crippen LogP) is 0.115. The number of aromatic carboxylic acids is 2. The topological polar surface area (TPSA) is 103 Å². The van der Waals surface area contributed by atoms with Crippen molar-refractivity contribution in [3.05, 3.63) is 17.0 Å². The summed E-state index contributed by atoms with van der Waals surface area (Å²) in [7, 11) is 0. The summed E-state index contributed by atoms with van der Waals surface area (Å²) >= 11 is 0. The number of hydrogen-bond donors (Lipinski definition) is 3. The Morgan fingerprint density at radius 2 is 1.92 bits per heavy atom. The maximum Gasteiger partial charge on any atom is 0.357 e. The molecule has 0 saturated carbocycles. The Balaban J connectivity index is 3.31. The summed E-state index contributed by atoms with van der Waals surface area (Å²) in [6, 6.07) is 0. The van der Waals surface area contributed by atoms with Crippen molar-refractivity contribution < 1.29 is 19.8 Å². The molecule has 0 amide bonds. The predicted molar refractivity (Wildman–Crippen MR) is 37.2 cm³/mol. The van der Waals surface area contributed by atoms with E-state index in [0.29, 0.717) is 0 Å². The number of carboxylic acids is 2. The van der Waals surface area contributed by atoms with Crippen LogP contribution in [-0.4, -0.2) is 32.3 Å². The molecular formula is C6H6N2O4. The highest BCUT2D eigenvalue weighted by Crippen LogP contribution is 2.09. The van der Waals surface area contributed by atoms with Crippen LogP contribution < -0.4 is 0 Å². The molecule has 0 bridgehead atoms. The van der Waals surface area contributed by atoms with Gasteiger partial charge in [-0.3, -0.25) is 5.10 Å². The third-order valence-electron chi connectivity index (χ3n) is 1.36. The van der Waals surface area contributed by atoms with E-state index in [1.807, 2.05) is 0 Å². The van der Waals surface area contributed by atoms with Crippen molar-refractivity contribution in [2.24, 2.45) is 0 Å². The van der Waals surface area contributed by atoms with Gasteiger partial charge in [-0.2, -0.15) is 5.10 Å². The van der Waals surface area contributed by atoms with E-state index in [1.165, 1.54) is 6.92 Å². The number of rotatable bonds is 2. The average Bonchev–Trinajstić information content (AvgIpc) is 2.30. The molecule has 1 aromatic rings. The maximum atomic E-state index is 10.5. The molecule has 0 unspecified atom stereocenters. The second-order valence-electron chi connectivity index (χ2n) is 2.18. The third-order valence-corrected chi connectivity index (χ3v) is 1.36. The van der Waals surface area contributed by atoms with Gasteiger partial charge in [0.2, 0.25) is 0 Å². The normalized spacial score (nSPS) is 9.75. The van der Waals surface area contributed by atoms with E-state index in [-0.39, 0.29) is 11.3 Å². The number of aromatic nitrogens is 2. The number of aryl methyl sites for hydroxylation is 1. The number of nitrogens with one attached hydrogen (secondary N) is 1. The van der Waals surface area contributed by atoms with Crippen LogP contribution in [-0.2, 0) is 0 Å². The standard InChI is InChI=1S/C6H6N2O4/c1-2-3(5(9)10)4(6(11)12)8-7-2/h1H3,(H,7,8)(H,9,10)(H,11,12).